The van der Waals surface area contributed by atoms with E-state index in [0.717, 1.165) is 38.4 Å². The molecule has 0 radical (unpaired) electrons. The Morgan fingerprint density at radius 2 is 2.05 bits per heavy atom. The third-order valence-electron chi connectivity index (χ3n) is 4.17. The van der Waals surface area contributed by atoms with Gasteiger partial charge in [0.25, 0.3) is 5.91 Å². The highest BCUT2D eigenvalue weighted by molar-refractivity contribution is 6.33. The zero-order valence-electron chi connectivity index (χ0n) is 12.1. The van der Waals surface area contributed by atoms with Gasteiger partial charge >= 0.3 is 0 Å². The molecule has 2 aliphatic heterocycles. The van der Waals surface area contributed by atoms with Gasteiger partial charge in [-0.25, -0.2) is 0 Å². The maximum Gasteiger partial charge on any atom is 0.257 e. The molecular weight excluding hydrogens is 290 g/mol. The van der Waals surface area contributed by atoms with Gasteiger partial charge in [-0.1, -0.05) is 18.5 Å². The highest BCUT2D eigenvalue weighted by Crippen LogP contribution is 2.39. The Morgan fingerprint density at radius 3 is 2.71 bits per heavy atom. The SMILES string of the molecule is CCCN1CCN(c2cc3c(cc2Cl)C(O)C(=O)N3)CC1. The van der Waals surface area contributed by atoms with E-state index in [1.165, 1.54) is 6.42 Å². The number of carbonyl (C=O) groups excluding carboxylic acids is 1. The normalized spacial score (nSPS) is 22.3. The molecule has 1 saturated heterocycles. The summed E-state index contributed by atoms with van der Waals surface area (Å²) < 4.78 is 0. The van der Waals surface area contributed by atoms with Gasteiger partial charge < -0.3 is 15.3 Å². The molecule has 1 aromatic rings. The molecule has 0 bridgehead atoms. The van der Waals surface area contributed by atoms with Crippen molar-refractivity contribution in [2.24, 2.45) is 0 Å². The zero-order chi connectivity index (χ0) is 15.0. The Balaban J connectivity index is 1.78. The second-order valence-electron chi connectivity index (χ2n) is 5.61. The molecule has 1 amide bonds. The van der Waals surface area contributed by atoms with Crippen molar-refractivity contribution >= 4 is 28.9 Å². The van der Waals surface area contributed by atoms with Crippen LogP contribution in [0.5, 0.6) is 0 Å². The topological polar surface area (TPSA) is 55.8 Å². The lowest BCUT2D eigenvalue weighted by atomic mass is 10.1. The third kappa shape index (κ3) is 2.73. The van der Waals surface area contributed by atoms with E-state index in [1.54, 1.807) is 6.07 Å². The molecule has 1 atom stereocenters. The molecular formula is C15H20ClN3O2. The first kappa shape index (κ1) is 14.6. The van der Waals surface area contributed by atoms with Crippen LogP contribution in [0.1, 0.15) is 25.0 Å². The smallest absolute Gasteiger partial charge is 0.257 e. The van der Waals surface area contributed by atoms with E-state index in [4.69, 9.17) is 11.6 Å². The second kappa shape index (κ2) is 5.83. The van der Waals surface area contributed by atoms with E-state index in [2.05, 4.69) is 22.0 Å². The molecule has 5 nitrogen and oxygen atoms in total. The lowest BCUT2D eigenvalue weighted by Crippen LogP contribution is -2.46. The summed E-state index contributed by atoms with van der Waals surface area (Å²) >= 11 is 6.35. The van der Waals surface area contributed by atoms with Crippen LogP contribution in [-0.2, 0) is 4.79 Å². The molecule has 1 aromatic carbocycles. The number of amides is 1. The molecule has 0 saturated carbocycles. The number of halogens is 1. The summed E-state index contributed by atoms with van der Waals surface area (Å²) in [5, 5.41) is 13.1. The van der Waals surface area contributed by atoms with Crippen LogP contribution >= 0.6 is 11.6 Å². The molecule has 1 unspecified atom stereocenters. The van der Waals surface area contributed by atoms with E-state index in [1.807, 2.05) is 6.07 Å². The van der Waals surface area contributed by atoms with Gasteiger partial charge in [-0.15, -0.1) is 0 Å². The summed E-state index contributed by atoms with van der Waals surface area (Å²) in [6.45, 7) is 7.22. The summed E-state index contributed by atoms with van der Waals surface area (Å²) in [5.41, 5.74) is 2.17. The molecule has 6 heteroatoms. The van der Waals surface area contributed by atoms with Gasteiger partial charge in [-0.3, -0.25) is 9.69 Å². The van der Waals surface area contributed by atoms with Gasteiger partial charge in [0, 0.05) is 37.4 Å². The van der Waals surface area contributed by atoms with Crippen LogP contribution in [0.3, 0.4) is 0 Å². The van der Waals surface area contributed by atoms with Crippen LogP contribution in [0.2, 0.25) is 5.02 Å². The zero-order valence-corrected chi connectivity index (χ0v) is 12.9. The number of fused-ring (bicyclic) bond motifs is 1. The van der Waals surface area contributed by atoms with Gasteiger partial charge in [0.15, 0.2) is 6.10 Å². The minimum absolute atomic E-state index is 0.383. The number of nitrogens with one attached hydrogen (secondary N) is 1. The highest BCUT2D eigenvalue weighted by Gasteiger charge is 2.30. The lowest BCUT2D eigenvalue weighted by Gasteiger charge is -2.36. The monoisotopic (exact) mass is 309 g/mol. The van der Waals surface area contributed by atoms with Crippen molar-refractivity contribution in [1.82, 2.24) is 4.90 Å². The number of rotatable bonds is 3. The number of nitrogens with zero attached hydrogens (tertiary/aromatic N) is 2. The average Bonchev–Trinajstić information content (AvgIpc) is 2.75. The first-order valence-electron chi connectivity index (χ1n) is 7.40. The summed E-state index contributed by atoms with van der Waals surface area (Å²) in [4.78, 5) is 16.2. The first-order valence-corrected chi connectivity index (χ1v) is 7.77. The van der Waals surface area contributed by atoms with Crippen LogP contribution in [0.15, 0.2) is 12.1 Å². The molecule has 2 N–H and O–H groups in total. The van der Waals surface area contributed by atoms with Crippen LogP contribution in [0, 0.1) is 0 Å². The fourth-order valence-corrected chi connectivity index (χ4v) is 3.32. The molecule has 0 aromatic heterocycles. The molecule has 114 valence electrons. The summed E-state index contributed by atoms with van der Waals surface area (Å²) in [6.07, 6.45) is 0.0664. The summed E-state index contributed by atoms with van der Waals surface area (Å²) in [5.74, 6) is -0.383. The number of benzene rings is 1. The van der Waals surface area contributed by atoms with Crippen LogP contribution < -0.4 is 10.2 Å². The Morgan fingerprint density at radius 1 is 1.33 bits per heavy atom. The van der Waals surface area contributed by atoms with Crippen LogP contribution in [0.4, 0.5) is 11.4 Å². The van der Waals surface area contributed by atoms with Crippen LogP contribution in [-0.4, -0.2) is 48.6 Å². The number of aliphatic hydroxyl groups excluding tert-OH is 1. The maximum atomic E-state index is 11.5. The van der Waals surface area contributed by atoms with Crippen molar-refractivity contribution in [2.45, 2.75) is 19.4 Å². The lowest BCUT2D eigenvalue weighted by molar-refractivity contribution is -0.123. The number of carbonyl (C=O) groups is 1. The first-order chi connectivity index (χ1) is 10.1. The van der Waals surface area contributed by atoms with Crippen molar-refractivity contribution in [3.8, 4) is 0 Å². The number of anilines is 2. The van der Waals surface area contributed by atoms with Crippen molar-refractivity contribution < 1.29 is 9.90 Å². The third-order valence-corrected chi connectivity index (χ3v) is 4.48. The fraction of sp³-hybridized carbons (Fsp3) is 0.533. The predicted molar refractivity (Wildman–Crippen MR) is 84.0 cm³/mol. The van der Waals surface area contributed by atoms with Gasteiger partial charge in [-0.05, 0) is 25.1 Å². The average molecular weight is 310 g/mol. The number of hydrogen-bond acceptors (Lipinski definition) is 4. The molecule has 2 heterocycles. The van der Waals surface area contributed by atoms with E-state index in [0.29, 0.717) is 16.3 Å². The van der Waals surface area contributed by atoms with E-state index in [-0.39, 0.29) is 5.91 Å². The van der Waals surface area contributed by atoms with E-state index < -0.39 is 6.10 Å². The Labute approximate surface area is 129 Å². The van der Waals surface area contributed by atoms with Crippen molar-refractivity contribution in [3.05, 3.63) is 22.7 Å². The fourth-order valence-electron chi connectivity index (χ4n) is 3.02. The summed E-state index contributed by atoms with van der Waals surface area (Å²) in [6, 6.07) is 3.58. The van der Waals surface area contributed by atoms with Gasteiger partial charge in [0.1, 0.15) is 0 Å². The van der Waals surface area contributed by atoms with E-state index >= 15 is 0 Å². The van der Waals surface area contributed by atoms with E-state index in [9.17, 15) is 9.90 Å². The van der Waals surface area contributed by atoms with Gasteiger partial charge in [0.2, 0.25) is 0 Å². The number of piperazine rings is 1. The minimum Gasteiger partial charge on any atom is -0.378 e. The molecule has 21 heavy (non-hydrogen) atoms. The molecule has 1 fully saturated rings. The van der Waals surface area contributed by atoms with Gasteiger partial charge in [0.05, 0.1) is 10.7 Å². The minimum atomic E-state index is -1.10. The van der Waals surface area contributed by atoms with Crippen molar-refractivity contribution in [3.63, 3.8) is 0 Å². The van der Waals surface area contributed by atoms with Crippen LogP contribution in [0.25, 0.3) is 0 Å². The largest absolute Gasteiger partial charge is 0.378 e. The quantitative estimate of drug-likeness (QED) is 0.895. The Kier molecular flexibility index (Phi) is 4.06. The number of aliphatic hydroxyl groups is 1. The second-order valence-corrected chi connectivity index (χ2v) is 6.02. The maximum absolute atomic E-state index is 11.5. The van der Waals surface area contributed by atoms with Gasteiger partial charge in [-0.2, -0.15) is 0 Å². The summed E-state index contributed by atoms with van der Waals surface area (Å²) in [7, 11) is 0. The van der Waals surface area contributed by atoms with Crippen molar-refractivity contribution in [1.29, 1.82) is 0 Å². The van der Waals surface area contributed by atoms with Crippen molar-refractivity contribution in [2.75, 3.05) is 42.9 Å². The number of hydrogen-bond donors (Lipinski definition) is 2. The Hall–Kier alpha value is -1.30. The predicted octanol–water partition coefficient (Wildman–Crippen LogP) is 1.86. The molecule has 0 aliphatic carbocycles. The molecule has 3 rings (SSSR count). The highest BCUT2D eigenvalue weighted by atomic mass is 35.5. The molecule has 0 spiro atoms. The molecule has 2 aliphatic rings. The Bertz CT molecular complexity index is 556. The standard InChI is InChI=1S/C15H20ClN3O2/c1-2-3-18-4-6-19(7-5-18)13-9-12-10(8-11(13)16)14(20)15(21)17-12/h8-9,14,20H,2-7H2,1H3,(H,17,21).